The molecule has 0 saturated heterocycles. The molecule has 7 nitrogen and oxygen atoms in total. The van der Waals surface area contributed by atoms with Gasteiger partial charge in [0.2, 0.25) is 10.0 Å². The van der Waals surface area contributed by atoms with Gasteiger partial charge >= 0.3 is 5.97 Å². The number of nitrogens with one attached hydrogen (secondary N) is 2. The van der Waals surface area contributed by atoms with Gasteiger partial charge in [-0.1, -0.05) is 0 Å². The lowest BCUT2D eigenvalue weighted by molar-refractivity contribution is -0.143. The van der Waals surface area contributed by atoms with Crippen LogP contribution in [0.15, 0.2) is 24.3 Å². The molecule has 0 bridgehead atoms. The Balaban J connectivity index is 1.96. The fourth-order valence-corrected chi connectivity index (χ4v) is 2.44. The molecule has 1 aliphatic rings. The number of rotatable bonds is 6. The molecule has 0 heterocycles. The summed E-state index contributed by atoms with van der Waals surface area (Å²) in [6.07, 6.45) is 2.17. The number of carbonyl (C=O) groups excluding carboxylic acids is 1. The second-order valence-corrected chi connectivity index (χ2v) is 6.97. The van der Waals surface area contributed by atoms with Gasteiger partial charge in [0.25, 0.3) is 5.91 Å². The molecule has 21 heavy (non-hydrogen) atoms. The smallest absolute Gasteiger partial charge is 0.311 e. The van der Waals surface area contributed by atoms with E-state index in [2.05, 4.69) is 10.0 Å². The SMILES string of the molecule is CS(=O)(=O)Nc1ccc(C(=O)NCC2(C(=O)O)CC2)cc1. The summed E-state index contributed by atoms with van der Waals surface area (Å²) >= 11 is 0. The zero-order valence-electron chi connectivity index (χ0n) is 11.4. The summed E-state index contributed by atoms with van der Waals surface area (Å²) < 4.78 is 24.4. The van der Waals surface area contributed by atoms with Crippen LogP contribution in [0.2, 0.25) is 0 Å². The van der Waals surface area contributed by atoms with Crippen molar-refractivity contribution in [1.82, 2.24) is 5.32 Å². The highest BCUT2D eigenvalue weighted by atomic mass is 32.2. The molecule has 2 rings (SSSR count). The molecule has 1 fully saturated rings. The van der Waals surface area contributed by atoms with E-state index in [1.165, 1.54) is 24.3 Å². The van der Waals surface area contributed by atoms with E-state index in [1.807, 2.05) is 0 Å². The average molecular weight is 312 g/mol. The molecule has 8 heteroatoms. The van der Waals surface area contributed by atoms with Crippen LogP contribution < -0.4 is 10.0 Å². The van der Waals surface area contributed by atoms with Gasteiger partial charge in [0.1, 0.15) is 0 Å². The Labute approximate surface area is 122 Å². The number of amides is 1. The molecular formula is C13H16N2O5S. The second-order valence-electron chi connectivity index (χ2n) is 5.22. The quantitative estimate of drug-likeness (QED) is 0.714. The number of anilines is 1. The van der Waals surface area contributed by atoms with Crippen LogP contribution in [0.5, 0.6) is 0 Å². The third-order valence-corrected chi connectivity index (χ3v) is 3.95. The Morgan fingerprint density at radius 3 is 2.24 bits per heavy atom. The zero-order valence-corrected chi connectivity index (χ0v) is 12.2. The molecule has 1 aromatic carbocycles. The summed E-state index contributed by atoms with van der Waals surface area (Å²) in [4.78, 5) is 22.9. The van der Waals surface area contributed by atoms with Crippen LogP contribution in [-0.2, 0) is 14.8 Å². The predicted octanol–water partition coefficient (Wildman–Crippen LogP) is 0.653. The molecule has 114 valence electrons. The molecule has 1 amide bonds. The third kappa shape index (κ3) is 3.94. The van der Waals surface area contributed by atoms with E-state index >= 15 is 0 Å². The first-order valence-electron chi connectivity index (χ1n) is 6.31. The fraction of sp³-hybridized carbons (Fsp3) is 0.385. The molecule has 1 aromatic rings. The van der Waals surface area contributed by atoms with E-state index < -0.39 is 21.4 Å². The van der Waals surface area contributed by atoms with Gasteiger partial charge in [-0.2, -0.15) is 0 Å². The van der Waals surface area contributed by atoms with Crippen LogP contribution in [0.25, 0.3) is 0 Å². The van der Waals surface area contributed by atoms with Crippen LogP contribution in [0.4, 0.5) is 5.69 Å². The van der Waals surface area contributed by atoms with Crippen molar-refractivity contribution in [2.24, 2.45) is 5.41 Å². The average Bonchev–Trinajstić information content (AvgIpc) is 3.16. The van der Waals surface area contributed by atoms with Crippen LogP contribution in [0.1, 0.15) is 23.2 Å². The van der Waals surface area contributed by atoms with Crippen molar-refractivity contribution in [2.75, 3.05) is 17.5 Å². The number of benzene rings is 1. The highest BCUT2D eigenvalue weighted by Gasteiger charge is 2.50. The van der Waals surface area contributed by atoms with Crippen LogP contribution >= 0.6 is 0 Å². The van der Waals surface area contributed by atoms with Crippen molar-refractivity contribution < 1.29 is 23.1 Å². The highest BCUT2D eigenvalue weighted by Crippen LogP contribution is 2.45. The number of carboxylic acids is 1. The Hall–Kier alpha value is -2.09. The molecule has 1 saturated carbocycles. The van der Waals surface area contributed by atoms with Crippen molar-refractivity contribution in [2.45, 2.75) is 12.8 Å². The van der Waals surface area contributed by atoms with E-state index in [9.17, 15) is 18.0 Å². The maximum atomic E-state index is 11.9. The van der Waals surface area contributed by atoms with Crippen LogP contribution in [0.3, 0.4) is 0 Å². The molecule has 0 atom stereocenters. The molecule has 0 unspecified atom stereocenters. The number of sulfonamides is 1. The monoisotopic (exact) mass is 312 g/mol. The minimum Gasteiger partial charge on any atom is -0.481 e. The molecule has 0 aromatic heterocycles. The Morgan fingerprint density at radius 2 is 1.81 bits per heavy atom. The largest absolute Gasteiger partial charge is 0.481 e. The summed E-state index contributed by atoms with van der Waals surface area (Å²) in [5, 5.41) is 11.6. The Kier molecular flexibility index (Phi) is 3.91. The van der Waals surface area contributed by atoms with Crippen molar-refractivity contribution in [1.29, 1.82) is 0 Å². The normalized spacial score (nSPS) is 16.0. The molecule has 1 aliphatic carbocycles. The third-order valence-electron chi connectivity index (χ3n) is 3.34. The molecule has 0 spiro atoms. The Morgan fingerprint density at radius 1 is 1.24 bits per heavy atom. The van der Waals surface area contributed by atoms with Gasteiger partial charge in [0.15, 0.2) is 0 Å². The van der Waals surface area contributed by atoms with E-state index in [0.717, 1.165) is 6.26 Å². The standard InChI is InChI=1S/C13H16N2O5S/c1-21(19,20)15-10-4-2-9(3-5-10)11(16)14-8-13(6-7-13)12(17)18/h2-5,15H,6-8H2,1H3,(H,14,16)(H,17,18). The maximum Gasteiger partial charge on any atom is 0.311 e. The van der Waals surface area contributed by atoms with Crippen molar-refractivity contribution in [3.63, 3.8) is 0 Å². The first kappa shape index (κ1) is 15.3. The lowest BCUT2D eigenvalue weighted by Crippen LogP contribution is -2.34. The number of hydrogen-bond donors (Lipinski definition) is 3. The summed E-state index contributed by atoms with van der Waals surface area (Å²) in [6.45, 7) is 0.102. The van der Waals surface area contributed by atoms with Gasteiger partial charge in [-0.3, -0.25) is 14.3 Å². The maximum absolute atomic E-state index is 11.9. The van der Waals surface area contributed by atoms with E-state index in [-0.39, 0.29) is 12.5 Å². The van der Waals surface area contributed by atoms with Gasteiger partial charge in [-0.05, 0) is 37.1 Å². The second kappa shape index (κ2) is 5.36. The molecule has 0 aliphatic heterocycles. The summed E-state index contributed by atoms with van der Waals surface area (Å²) in [6, 6.07) is 5.90. The van der Waals surface area contributed by atoms with Crippen molar-refractivity contribution in [3.8, 4) is 0 Å². The highest BCUT2D eigenvalue weighted by molar-refractivity contribution is 7.92. The lowest BCUT2D eigenvalue weighted by atomic mass is 10.1. The number of aliphatic carboxylic acids is 1. The van der Waals surface area contributed by atoms with Gasteiger partial charge in [0.05, 0.1) is 11.7 Å². The minimum atomic E-state index is -3.36. The van der Waals surface area contributed by atoms with Gasteiger partial charge in [-0.25, -0.2) is 8.42 Å². The van der Waals surface area contributed by atoms with Gasteiger partial charge in [-0.15, -0.1) is 0 Å². The van der Waals surface area contributed by atoms with E-state index in [4.69, 9.17) is 5.11 Å². The van der Waals surface area contributed by atoms with Gasteiger partial charge in [0, 0.05) is 17.8 Å². The molecular weight excluding hydrogens is 296 g/mol. The first-order valence-corrected chi connectivity index (χ1v) is 8.20. The van der Waals surface area contributed by atoms with Crippen molar-refractivity contribution in [3.05, 3.63) is 29.8 Å². The summed E-state index contributed by atoms with van der Waals surface area (Å²) in [5.41, 5.74) is -0.110. The molecule has 3 N–H and O–H groups in total. The molecule has 0 radical (unpaired) electrons. The number of carboxylic acid groups (broad SMARTS) is 1. The van der Waals surface area contributed by atoms with E-state index in [0.29, 0.717) is 24.1 Å². The minimum absolute atomic E-state index is 0.102. The van der Waals surface area contributed by atoms with E-state index in [1.54, 1.807) is 0 Å². The zero-order chi connectivity index (χ0) is 15.7. The van der Waals surface area contributed by atoms with Crippen LogP contribution in [-0.4, -0.2) is 38.2 Å². The predicted molar refractivity (Wildman–Crippen MR) is 76.5 cm³/mol. The van der Waals surface area contributed by atoms with Gasteiger partial charge < -0.3 is 10.4 Å². The lowest BCUT2D eigenvalue weighted by Gasteiger charge is -2.11. The summed E-state index contributed by atoms with van der Waals surface area (Å²) in [5.74, 6) is -1.27. The summed E-state index contributed by atoms with van der Waals surface area (Å²) in [7, 11) is -3.36. The van der Waals surface area contributed by atoms with Crippen LogP contribution in [0, 0.1) is 5.41 Å². The number of hydrogen-bond acceptors (Lipinski definition) is 4. The first-order chi connectivity index (χ1) is 9.72. The topological polar surface area (TPSA) is 113 Å². The fourth-order valence-electron chi connectivity index (χ4n) is 1.87. The Bertz CT molecular complexity index is 662. The number of carbonyl (C=O) groups is 2. The van der Waals surface area contributed by atoms with Crippen molar-refractivity contribution >= 4 is 27.6 Å².